The maximum Gasteiger partial charge on any atom is 0.126 e. The van der Waals surface area contributed by atoms with Crippen LogP contribution in [0.1, 0.15) is 40.0 Å². The Labute approximate surface area is 114 Å². The predicted octanol–water partition coefficient (Wildman–Crippen LogP) is 3.35. The first-order valence-electron chi connectivity index (χ1n) is 6.31. The van der Waals surface area contributed by atoms with Gasteiger partial charge in [0.2, 0.25) is 0 Å². The number of aromatic nitrogens is 1. The molecule has 0 amide bonds. The van der Waals surface area contributed by atoms with Crippen LogP contribution in [0.25, 0.3) is 0 Å². The van der Waals surface area contributed by atoms with E-state index in [0.717, 1.165) is 40.9 Å². The quantitative estimate of drug-likeness (QED) is 0.916. The van der Waals surface area contributed by atoms with Crippen LogP contribution in [0.5, 0.6) is 0 Å². The van der Waals surface area contributed by atoms with Gasteiger partial charge in [-0.3, -0.25) is 0 Å². The molecule has 2 nitrogen and oxygen atoms in total. The van der Waals surface area contributed by atoms with Crippen LogP contribution in [-0.4, -0.2) is 4.98 Å². The van der Waals surface area contributed by atoms with Gasteiger partial charge in [-0.1, -0.05) is 0 Å². The van der Waals surface area contributed by atoms with Crippen LogP contribution in [0, 0.1) is 11.6 Å². The third kappa shape index (κ3) is 2.67. The first-order valence-corrected chi connectivity index (χ1v) is 7.12. The molecule has 0 radical (unpaired) electrons. The van der Waals surface area contributed by atoms with Gasteiger partial charge in [-0.2, -0.15) is 0 Å². The highest BCUT2D eigenvalue weighted by molar-refractivity contribution is 7.11. The maximum atomic E-state index is 13.1. The van der Waals surface area contributed by atoms with Crippen molar-refractivity contribution in [1.29, 1.82) is 0 Å². The molecule has 0 spiro atoms. The fourth-order valence-electron chi connectivity index (χ4n) is 2.47. The first-order chi connectivity index (χ1) is 9.11. The van der Waals surface area contributed by atoms with Gasteiger partial charge in [-0.05, 0) is 37.0 Å². The molecular formula is C14H14F2N2S. The van der Waals surface area contributed by atoms with Gasteiger partial charge in [0.15, 0.2) is 0 Å². The number of aryl methyl sites for hydroxylation is 1. The number of nitrogens with two attached hydrogens (primary N) is 1. The van der Waals surface area contributed by atoms with E-state index in [9.17, 15) is 8.78 Å². The second kappa shape index (κ2) is 4.98. The molecule has 1 aromatic carbocycles. The van der Waals surface area contributed by atoms with E-state index < -0.39 is 11.6 Å². The summed E-state index contributed by atoms with van der Waals surface area (Å²) in [4.78, 5) is 5.69. The maximum absolute atomic E-state index is 13.1. The molecule has 0 saturated heterocycles. The molecule has 1 atom stereocenters. The zero-order valence-electron chi connectivity index (χ0n) is 10.3. The lowest BCUT2D eigenvalue weighted by molar-refractivity contribution is 0.573. The molecule has 3 rings (SSSR count). The fourth-order valence-corrected chi connectivity index (χ4v) is 3.65. The standard InChI is InChI=1S/C14H14F2N2S/c15-9-4-8(5-10(16)7-9)6-13-18-12-3-1-2-11(17)14(12)19-13/h4-5,7,11H,1-3,6,17H2. The highest BCUT2D eigenvalue weighted by Crippen LogP contribution is 2.33. The van der Waals surface area contributed by atoms with E-state index in [1.165, 1.54) is 12.1 Å². The average Bonchev–Trinajstić information content (AvgIpc) is 2.71. The number of hydrogen-bond acceptors (Lipinski definition) is 3. The Hall–Kier alpha value is -1.33. The highest BCUT2D eigenvalue weighted by atomic mass is 32.1. The Morgan fingerprint density at radius 3 is 2.68 bits per heavy atom. The van der Waals surface area contributed by atoms with Gasteiger partial charge in [0.1, 0.15) is 11.6 Å². The van der Waals surface area contributed by atoms with Gasteiger partial charge in [0.05, 0.1) is 10.7 Å². The lowest BCUT2D eigenvalue weighted by Crippen LogP contribution is -2.15. The molecule has 2 aromatic rings. The predicted molar refractivity (Wildman–Crippen MR) is 71.1 cm³/mol. The molecule has 1 aromatic heterocycles. The molecule has 0 aliphatic heterocycles. The van der Waals surface area contributed by atoms with Crippen LogP contribution in [0.15, 0.2) is 18.2 Å². The summed E-state index contributed by atoms with van der Waals surface area (Å²) in [5.41, 5.74) is 7.73. The molecule has 0 bridgehead atoms. The molecule has 0 saturated carbocycles. The fraction of sp³-hybridized carbons (Fsp3) is 0.357. The van der Waals surface area contributed by atoms with E-state index in [-0.39, 0.29) is 6.04 Å². The Balaban J connectivity index is 1.87. The molecule has 1 unspecified atom stereocenters. The van der Waals surface area contributed by atoms with Crippen molar-refractivity contribution in [2.24, 2.45) is 5.73 Å². The van der Waals surface area contributed by atoms with E-state index in [1.54, 1.807) is 11.3 Å². The summed E-state index contributed by atoms with van der Waals surface area (Å²) in [6, 6.07) is 3.65. The number of fused-ring (bicyclic) bond motifs is 1. The largest absolute Gasteiger partial charge is 0.323 e. The molecule has 2 N–H and O–H groups in total. The minimum Gasteiger partial charge on any atom is -0.323 e. The highest BCUT2D eigenvalue weighted by Gasteiger charge is 2.21. The summed E-state index contributed by atoms with van der Waals surface area (Å²) in [6.45, 7) is 0. The van der Waals surface area contributed by atoms with Crippen LogP contribution in [0.3, 0.4) is 0 Å². The van der Waals surface area contributed by atoms with Gasteiger partial charge in [-0.25, -0.2) is 13.8 Å². The van der Waals surface area contributed by atoms with Gasteiger partial charge < -0.3 is 5.73 Å². The number of thiazole rings is 1. The topological polar surface area (TPSA) is 38.9 Å². The molecule has 0 fully saturated rings. The van der Waals surface area contributed by atoms with Crippen molar-refractivity contribution in [3.8, 4) is 0 Å². The third-order valence-corrected chi connectivity index (χ3v) is 4.54. The molecule has 1 heterocycles. The summed E-state index contributed by atoms with van der Waals surface area (Å²) in [5, 5.41) is 0.882. The molecule has 5 heteroatoms. The van der Waals surface area contributed by atoms with Crippen LogP contribution in [-0.2, 0) is 12.8 Å². The lowest BCUT2D eigenvalue weighted by Gasteiger charge is -2.15. The minimum atomic E-state index is -0.548. The summed E-state index contributed by atoms with van der Waals surface area (Å²) in [5.74, 6) is -1.10. The van der Waals surface area contributed by atoms with E-state index >= 15 is 0 Å². The van der Waals surface area contributed by atoms with Crippen LogP contribution < -0.4 is 5.73 Å². The first kappa shape index (κ1) is 12.7. The van der Waals surface area contributed by atoms with Crippen LogP contribution in [0.2, 0.25) is 0 Å². The second-order valence-electron chi connectivity index (χ2n) is 4.87. The van der Waals surface area contributed by atoms with Crippen molar-refractivity contribution >= 4 is 11.3 Å². The summed E-state index contributed by atoms with van der Waals surface area (Å²) >= 11 is 1.57. The minimum absolute atomic E-state index is 0.0687. The van der Waals surface area contributed by atoms with Crippen molar-refractivity contribution in [2.75, 3.05) is 0 Å². The van der Waals surface area contributed by atoms with Gasteiger partial charge in [0.25, 0.3) is 0 Å². The Bertz CT molecular complexity index is 589. The van der Waals surface area contributed by atoms with Crippen molar-refractivity contribution in [3.05, 3.63) is 51.0 Å². The zero-order chi connectivity index (χ0) is 13.4. The Kier molecular flexibility index (Phi) is 3.33. The Morgan fingerprint density at radius 2 is 2.00 bits per heavy atom. The number of hydrogen-bond donors (Lipinski definition) is 1. The number of halogens is 2. The van der Waals surface area contributed by atoms with Crippen molar-refractivity contribution in [2.45, 2.75) is 31.7 Å². The monoisotopic (exact) mass is 280 g/mol. The van der Waals surface area contributed by atoms with Crippen LogP contribution >= 0.6 is 11.3 Å². The van der Waals surface area contributed by atoms with Gasteiger partial charge in [0, 0.05) is 23.4 Å². The van der Waals surface area contributed by atoms with Gasteiger partial charge >= 0.3 is 0 Å². The molecule has 19 heavy (non-hydrogen) atoms. The Morgan fingerprint density at radius 1 is 1.26 bits per heavy atom. The second-order valence-corrected chi connectivity index (χ2v) is 5.99. The van der Waals surface area contributed by atoms with Crippen molar-refractivity contribution in [3.63, 3.8) is 0 Å². The summed E-state index contributed by atoms with van der Waals surface area (Å²) in [6.07, 6.45) is 3.46. The van der Waals surface area contributed by atoms with Crippen molar-refractivity contribution in [1.82, 2.24) is 4.98 Å². The SMILES string of the molecule is NC1CCCc2nc(Cc3cc(F)cc(F)c3)sc21. The van der Waals surface area contributed by atoms with E-state index in [4.69, 9.17) is 5.73 Å². The van der Waals surface area contributed by atoms with Crippen LogP contribution in [0.4, 0.5) is 8.78 Å². The number of nitrogens with zero attached hydrogens (tertiary/aromatic N) is 1. The number of rotatable bonds is 2. The summed E-state index contributed by atoms with van der Waals surface area (Å²) < 4.78 is 26.3. The van der Waals surface area contributed by atoms with Crippen molar-refractivity contribution < 1.29 is 8.78 Å². The summed E-state index contributed by atoms with van der Waals surface area (Å²) in [7, 11) is 0. The van der Waals surface area contributed by atoms with E-state index in [2.05, 4.69) is 4.98 Å². The molecule has 1 aliphatic rings. The lowest BCUT2D eigenvalue weighted by atomic mass is 9.99. The smallest absolute Gasteiger partial charge is 0.126 e. The average molecular weight is 280 g/mol. The molecular weight excluding hydrogens is 266 g/mol. The van der Waals surface area contributed by atoms with E-state index in [1.807, 2.05) is 0 Å². The van der Waals surface area contributed by atoms with Gasteiger partial charge in [-0.15, -0.1) is 11.3 Å². The molecule has 100 valence electrons. The van der Waals surface area contributed by atoms with E-state index in [0.29, 0.717) is 12.0 Å². The third-order valence-electron chi connectivity index (χ3n) is 3.32. The number of benzene rings is 1. The zero-order valence-corrected chi connectivity index (χ0v) is 11.1. The normalized spacial score (nSPS) is 18.4. The molecule has 1 aliphatic carbocycles.